The van der Waals surface area contributed by atoms with E-state index < -0.39 is 0 Å². The number of pyridine rings is 1. The molecule has 1 aliphatic heterocycles. The van der Waals surface area contributed by atoms with Crippen LogP contribution in [0.5, 0.6) is 0 Å². The number of nitrogens with zero attached hydrogens (tertiary/aromatic N) is 4. The molecule has 0 saturated carbocycles. The number of nitrogens with one attached hydrogen (secondary N) is 1. The van der Waals surface area contributed by atoms with Crippen molar-refractivity contribution < 1.29 is 4.79 Å². The Labute approximate surface area is 165 Å². The van der Waals surface area contributed by atoms with Crippen molar-refractivity contribution in [3.8, 4) is 5.82 Å². The highest BCUT2D eigenvalue weighted by molar-refractivity contribution is 5.74. The summed E-state index contributed by atoms with van der Waals surface area (Å²) in [4.78, 5) is 18.9. The molecule has 1 unspecified atom stereocenters. The number of likely N-dealkylation sites (tertiary alicyclic amines) is 1. The number of benzene rings is 1. The summed E-state index contributed by atoms with van der Waals surface area (Å²) in [6, 6.07) is 16.3. The summed E-state index contributed by atoms with van der Waals surface area (Å²) in [5.74, 6) is 1.21. The third-order valence-electron chi connectivity index (χ3n) is 5.23. The number of hydrogen-bond donors (Lipinski definition) is 1. The van der Waals surface area contributed by atoms with Crippen LogP contribution in [0.1, 0.15) is 34.9 Å². The van der Waals surface area contributed by atoms with Crippen LogP contribution in [0.25, 0.3) is 5.82 Å². The van der Waals surface area contributed by atoms with Crippen molar-refractivity contribution in [1.29, 1.82) is 0 Å². The normalized spacial score (nSPS) is 16.4. The summed E-state index contributed by atoms with van der Waals surface area (Å²) in [6.45, 7) is 6.00. The van der Waals surface area contributed by atoms with Gasteiger partial charge in [-0.25, -0.2) is 14.5 Å². The smallest absolute Gasteiger partial charge is 0.317 e. The molecule has 144 valence electrons. The highest BCUT2D eigenvalue weighted by Crippen LogP contribution is 2.26. The highest BCUT2D eigenvalue weighted by Gasteiger charge is 2.26. The molecule has 4 rings (SSSR count). The fraction of sp³-hybridized carbons (Fsp3) is 0.318. The van der Waals surface area contributed by atoms with Crippen molar-refractivity contribution in [3.63, 3.8) is 0 Å². The van der Waals surface area contributed by atoms with E-state index >= 15 is 0 Å². The first-order valence-electron chi connectivity index (χ1n) is 9.66. The number of hydrogen-bond acceptors (Lipinski definition) is 3. The Bertz CT molecular complexity index is 949. The van der Waals surface area contributed by atoms with Crippen molar-refractivity contribution in [1.82, 2.24) is 25.0 Å². The maximum atomic E-state index is 12.5. The predicted octanol–water partition coefficient (Wildman–Crippen LogP) is 3.58. The lowest BCUT2D eigenvalue weighted by Gasteiger charge is -2.17. The zero-order valence-electron chi connectivity index (χ0n) is 16.3. The Kier molecular flexibility index (Phi) is 5.10. The SMILES string of the molecule is Cc1cc(C)n(-c2ccc(CNC(=O)N3CCC(c4ccccc4)C3)cn2)n1. The molecular weight excluding hydrogens is 350 g/mol. The lowest BCUT2D eigenvalue weighted by Crippen LogP contribution is -2.38. The van der Waals surface area contributed by atoms with Crippen LogP contribution in [-0.2, 0) is 6.54 Å². The molecule has 1 atom stereocenters. The molecule has 28 heavy (non-hydrogen) atoms. The van der Waals surface area contributed by atoms with Gasteiger partial charge in [-0.1, -0.05) is 36.4 Å². The van der Waals surface area contributed by atoms with E-state index in [0.717, 1.165) is 42.3 Å². The number of aryl methyl sites for hydroxylation is 2. The largest absolute Gasteiger partial charge is 0.334 e. The number of rotatable bonds is 4. The molecule has 2 aromatic heterocycles. The third-order valence-corrected chi connectivity index (χ3v) is 5.23. The molecule has 0 radical (unpaired) electrons. The number of urea groups is 1. The molecule has 3 heterocycles. The number of carbonyl (C=O) groups excluding carboxylic acids is 1. The lowest BCUT2D eigenvalue weighted by molar-refractivity contribution is 0.208. The second-order valence-electron chi connectivity index (χ2n) is 7.36. The Balaban J connectivity index is 1.32. The van der Waals surface area contributed by atoms with Gasteiger partial charge in [-0.15, -0.1) is 0 Å². The van der Waals surface area contributed by atoms with E-state index in [9.17, 15) is 4.79 Å². The zero-order valence-corrected chi connectivity index (χ0v) is 16.3. The zero-order chi connectivity index (χ0) is 19.5. The van der Waals surface area contributed by atoms with Crippen LogP contribution in [0.15, 0.2) is 54.7 Å². The van der Waals surface area contributed by atoms with Gasteiger partial charge in [-0.3, -0.25) is 0 Å². The van der Waals surface area contributed by atoms with Crippen LogP contribution in [0.3, 0.4) is 0 Å². The van der Waals surface area contributed by atoms with E-state index in [2.05, 4.69) is 39.7 Å². The van der Waals surface area contributed by atoms with E-state index in [-0.39, 0.29) is 6.03 Å². The van der Waals surface area contributed by atoms with Gasteiger partial charge in [0.05, 0.1) is 5.69 Å². The quantitative estimate of drug-likeness (QED) is 0.758. The van der Waals surface area contributed by atoms with Gasteiger partial charge in [0, 0.05) is 37.4 Å². The summed E-state index contributed by atoms with van der Waals surface area (Å²) < 4.78 is 1.83. The summed E-state index contributed by atoms with van der Waals surface area (Å²) in [7, 11) is 0. The average Bonchev–Trinajstić information content (AvgIpc) is 3.34. The Morgan fingerprint density at radius 3 is 2.68 bits per heavy atom. The van der Waals surface area contributed by atoms with Crippen LogP contribution in [0.2, 0.25) is 0 Å². The minimum Gasteiger partial charge on any atom is -0.334 e. The molecule has 1 aromatic carbocycles. The molecule has 0 spiro atoms. The van der Waals surface area contributed by atoms with Gasteiger partial charge in [0.25, 0.3) is 0 Å². The summed E-state index contributed by atoms with van der Waals surface area (Å²) >= 11 is 0. The summed E-state index contributed by atoms with van der Waals surface area (Å²) in [6.07, 6.45) is 2.80. The minimum atomic E-state index is -0.0129. The molecule has 6 nitrogen and oxygen atoms in total. The maximum Gasteiger partial charge on any atom is 0.317 e. The second-order valence-corrected chi connectivity index (χ2v) is 7.36. The van der Waals surface area contributed by atoms with Gasteiger partial charge >= 0.3 is 6.03 Å². The molecule has 1 N–H and O–H groups in total. The minimum absolute atomic E-state index is 0.0129. The van der Waals surface area contributed by atoms with E-state index in [1.54, 1.807) is 6.20 Å². The molecule has 2 amide bonds. The highest BCUT2D eigenvalue weighted by atomic mass is 16.2. The summed E-state index contributed by atoms with van der Waals surface area (Å²) in [5.41, 5.74) is 4.29. The van der Waals surface area contributed by atoms with Crippen molar-refractivity contribution in [3.05, 3.63) is 77.2 Å². The average molecular weight is 375 g/mol. The topological polar surface area (TPSA) is 63.1 Å². The van der Waals surface area contributed by atoms with Gasteiger partial charge in [0.15, 0.2) is 5.82 Å². The molecule has 1 fully saturated rings. The number of aromatic nitrogens is 3. The van der Waals surface area contributed by atoms with Crippen LogP contribution >= 0.6 is 0 Å². The molecular formula is C22H25N5O. The summed E-state index contributed by atoms with van der Waals surface area (Å²) in [5, 5.41) is 7.46. The molecule has 0 aliphatic carbocycles. The van der Waals surface area contributed by atoms with Crippen molar-refractivity contribution in [2.75, 3.05) is 13.1 Å². The second kappa shape index (κ2) is 7.84. The fourth-order valence-electron chi connectivity index (χ4n) is 3.74. The van der Waals surface area contributed by atoms with Gasteiger partial charge in [0.2, 0.25) is 0 Å². The fourth-order valence-corrected chi connectivity index (χ4v) is 3.74. The molecule has 1 aliphatic rings. The predicted molar refractivity (Wildman–Crippen MR) is 108 cm³/mol. The van der Waals surface area contributed by atoms with Crippen LogP contribution in [0, 0.1) is 13.8 Å². The third kappa shape index (κ3) is 3.91. The first kappa shape index (κ1) is 18.2. The van der Waals surface area contributed by atoms with E-state index in [0.29, 0.717) is 12.5 Å². The number of carbonyl (C=O) groups is 1. The van der Waals surface area contributed by atoms with E-state index in [4.69, 9.17) is 0 Å². The van der Waals surface area contributed by atoms with Crippen LogP contribution in [-0.4, -0.2) is 38.8 Å². The van der Waals surface area contributed by atoms with E-state index in [1.807, 2.05) is 47.7 Å². The molecule has 3 aromatic rings. The van der Waals surface area contributed by atoms with Gasteiger partial charge in [0.1, 0.15) is 0 Å². The lowest BCUT2D eigenvalue weighted by atomic mass is 9.99. The monoisotopic (exact) mass is 375 g/mol. The van der Waals surface area contributed by atoms with Crippen molar-refractivity contribution in [2.24, 2.45) is 0 Å². The maximum absolute atomic E-state index is 12.5. The Morgan fingerprint density at radius 2 is 2.00 bits per heavy atom. The van der Waals surface area contributed by atoms with Gasteiger partial charge < -0.3 is 10.2 Å². The first-order valence-corrected chi connectivity index (χ1v) is 9.66. The molecule has 6 heteroatoms. The van der Waals surface area contributed by atoms with Crippen molar-refractivity contribution in [2.45, 2.75) is 32.7 Å². The van der Waals surface area contributed by atoms with Crippen molar-refractivity contribution >= 4 is 6.03 Å². The van der Waals surface area contributed by atoms with Crippen LogP contribution in [0.4, 0.5) is 4.79 Å². The first-order chi connectivity index (χ1) is 13.6. The van der Waals surface area contributed by atoms with Gasteiger partial charge in [-0.05, 0) is 43.5 Å². The van der Waals surface area contributed by atoms with Crippen LogP contribution < -0.4 is 5.32 Å². The van der Waals surface area contributed by atoms with Gasteiger partial charge in [-0.2, -0.15) is 5.10 Å². The standard InChI is InChI=1S/C22H25N5O/c1-16-12-17(2)27(25-16)21-9-8-18(13-23-21)14-24-22(28)26-11-10-20(15-26)19-6-4-3-5-7-19/h3-9,12-13,20H,10-11,14-15H2,1-2H3,(H,24,28). The Morgan fingerprint density at radius 1 is 1.18 bits per heavy atom. The molecule has 0 bridgehead atoms. The van der Waals surface area contributed by atoms with E-state index in [1.165, 1.54) is 5.56 Å². The Hall–Kier alpha value is -3.15. The molecule has 1 saturated heterocycles. The number of amides is 2.